The summed E-state index contributed by atoms with van der Waals surface area (Å²) >= 11 is 0. The van der Waals surface area contributed by atoms with E-state index in [-0.39, 0.29) is 5.75 Å². The number of benzene rings is 1. The van der Waals surface area contributed by atoms with E-state index in [9.17, 15) is 27.5 Å². The minimum atomic E-state index is -4.63. The molecule has 1 aromatic rings. The number of nitrogens with one attached hydrogen (secondary N) is 1. The highest BCUT2D eigenvalue weighted by molar-refractivity contribution is 5.81. The molecule has 1 rings (SSSR count). The number of carbonyl (C=O) groups is 1. The lowest BCUT2D eigenvalue weighted by atomic mass is 9.90. The summed E-state index contributed by atoms with van der Waals surface area (Å²) < 4.78 is 55.5. The van der Waals surface area contributed by atoms with Gasteiger partial charge in [0.25, 0.3) is 0 Å². The Labute approximate surface area is 112 Å². The van der Waals surface area contributed by atoms with Crippen molar-refractivity contribution in [2.75, 3.05) is 13.7 Å². The molecule has 0 aliphatic rings. The van der Waals surface area contributed by atoms with Crippen LogP contribution in [0.25, 0.3) is 0 Å². The van der Waals surface area contributed by atoms with Crippen molar-refractivity contribution < 1.29 is 32.2 Å². The number of halogens is 4. The summed E-state index contributed by atoms with van der Waals surface area (Å²) in [5.74, 6) is -2.77. The van der Waals surface area contributed by atoms with Crippen LogP contribution in [0, 0.1) is 5.82 Å². The van der Waals surface area contributed by atoms with Crippen LogP contribution in [-0.4, -0.2) is 30.9 Å². The standard InChI is InChI=1S/C12H13F4NO3/c1-11(10(18)19,17-6-12(14,15)16)9-7(13)4-3-5-8(9)20-2/h3-5,17H,6H2,1-2H3,(H,18,19). The zero-order valence-corrected chi connectivity index (χ0v) is 10.7. The normalized spacial score (nSPS) is 14.7. The molecule has 0 aromatic heterocycles. The van der Waals surface area contributed by atoms with Gasteiger partial charge in [-0.3, -0.25) is 5.32 Å². The van der Waals surface area contributed by atoms with Crippen molar-refractivity contribution in [3.63, 3.8) is 0 Å². The van der Waals surface area contributed by atoms with Crippen LogP contribution in [0.2, 0.25) is 0 Å². The molecule has 0 amide bonds. The van der Waals surface area contributed by atoms with E-state index in [1.165, 1.54) is 19.2 Å². The molecule has 0 spiro atoms. The molecule has 8 heteroatoms. The predicted octanol–water partition coefficient (Wildman–Crippen LogP) is 2.29. The Bertz CT molecular complexity index is 504. The van der Waals surface area contributed by atoms with Crippen molar-refractivity contribution in [2.24, 2.45) is 0 Å². The SMILES string of the molecule is COc1cccc(F)c1C(C)(NCC(F)(F)F)C(=O)O. The Morgan fingerprint density at radius 3 is 2.45 bits per heavy atom. The molecule has 1 unspecified atom stereocenters. The predicted molar refractivity (Wildman–Crippen MR) is 62.0 cm³/mol. The van der Waals surface area contributed by atoms with E-state index < -0.39 is 35.6 Å². The summed E-state index contributed by atoms with van der Waals surface area (Å²) in [6.45, 7) is -0.630. The van der Waals surface area contributed by atoms with Gasteiger partial charge in [-0.25, -0.2) is 9.18 Å². The second-order valence-electron chi connectivity index (χ2n) is 4.22. The number of ether oxygens (including phenoxy) is 1. The van der Waals surface area contributed by atoms with E-state index in [0.29, 0.717) is 0 Å². The molecule has 0 aliphatic carbocycles. The lowest BCUT2D eigenvalue weighted by Crippen LogP contribution is -2.50. The fourth-order valence-electron chi connectivity index (χ4n) is 1.71. The maximum atomic E-state index is 13.8. The molecule has 0 saturated carbocycles. The lowest BCUT2D eigenvalue weighted by molar-refractivity contribution is -0.150. The summed E-state index contributed by atoms with van der Waals surface area (Å²) in [4.78, 5) is 11.3. The molecule has 0 radical (unpaired) electrons. The molecule has 1 atom stereocenters. The molecule has 2 N–H and O–H groups in total. The van der Waals surface area contributed by atoms with Crippen molar-refractivity contribution in [2.45, 2.75) is 18.6 Å². The van der Waals surface area contributed by atoms with Gasteiger partial charge >= 0.3 is 12.1 Å². The second kappa shape index (κ2) is 5.66. The highest BCUT2D eigenvalue weighted by atomic mass is 19.4. The van der Waals surface area contributed by atoms with Crippen molar-refractivity contribution in [1.82, 2.24) is 5.32 Å². The maximum Gasteiger partial charge on any atom is 0.401 e. The monoisotopic (exact) mass is 295 g/mol. The third-order valence-corrected chi connectivity index (χ3v) is 2.77. The van der Waals surface area contributed by atoms with Gasteiger partial charge in [0.05, 0.1) is 19.2 Å². The van der Waals surface area contributed by atoms with Gasteiger partial charge in [-0.15, -0.1) is 0 Å². The molecule has 112 valence electrons. The van der Waals surface area contributed by atoms with Gasteiger partial charge in [-0.2, -0.15) is 13.2 Å². The van der Waals surface area contributed by atoms with Crippen molar-refractivity contribution in [3.05, 3.63) is 29.6 Å². The first-order valence-corrected chi connectivity index (χ1v) is 5.50. The molecule has 0 fully saturated rings. The number of hydrogen-bond acceptors (Lipinski definition) is 3. The van der Waals surface area contributed by atoms with Crippen LogP contribution in [0.1, 0.15) is 12.5 Å². The van der Waals surface area contributed by atoms with Crippen LogP contribution < -0.4 is 10.1 Å². The lowest BCUT2D eigenvalue weighted by Gasteiger charge is -2.29. The van der Waals surface area contributed by atoms with Crippen molar-refractivity contribution in [3.8, 4) is 5.75 Å². The van der Waals surface area contributed by atoms with Crippen molar-refractivity contribution in [1.29, 1.82) is 0 Å². The van der Waals surface area contributed by atoms with Gasteiger partial charge in [0.1, 0.15) is 17.1 Å². The van der Waals surface area contributed by atoms with Crippen LogP contribution in [0.5, 0.6) is 5.75 Å². The zero-order chi connectivity index (χ0) is 15.6. The third kappa shape index (κ3) is 3.38. The third-order valence-electron chi connectivity index (χ3n) is 2.77. The van der Waals surface area contributed by atoms with Gasteiger partial charge in [0.15, 0.2) is 0 Å². The van der Waals surface area contributed by atoms with Crippen LogP contribution in [0.15, 0.2) is 18.2 Å². The first-order chi connectivity index (χ1) is 9.12. The minimum Gasteiger partial charge on any atom is -0.496 e. The number of alkyl halides is 3. The topological polar surface area (TPSA) is 58.6 Å². The number of methoxy groups -OCH3 is 1. The Morgan fingerprint density at radius 1 is 1.40 bits per heavy atom. The maximum absolute atomic E-state index is 13.8. The van der Waals surface area contributed by atoms with Gasteiger partial charge in [-0.05, 0) is 19.1 Å². The summed E-state index contributed by atoms with van der Waals surface area (Å²) in [5, 5.41) is 11.0. The average molecular weight is 295 g/mol. The first-order valence-electron chi connectivity index (χ1n) is 5.50. The van der Waals surface area contributed by atoms with E-state index in [2.05, 4.69) is 0 Å². The molecule has 0 bridgehead atoms. The highest BCUT2D eigenvalue weighted by Crippen LogP contribution is 2.33. The van der Waals surface area contributed by atoms with E-state index in [1.807, 2.05) is 5.32 Å². The molecule has 0 aliphatic heterocycles. The minimum absolute atomic E-state index is 0.149. The van der Waals surface area contributed by atoms with Crippen LogP contribution in [-0.2, 0) is 10.3 Å². The Balaban J connectivity index is 3.30. The van der Waals surface area contributed by atoms with Gasteiger partial charge in [0.2, 0.25) is 0 Å². The molecular weight excluding hydrogens is 282 g/mol. The highest BCUT2D eigenvalue weighted by Gasteiger charge is 2.43. The molecule has 20 heavy (non-hydrogen) atoms. The van der Waals surface area contributed by atoms with E-state index >= 15 is 0 Å². The van der Waals surface area contributed by atoms with Gasteiger partial charge in [-0.1, -0.05) is 6.07 Å². The van der Waals surface area contributed by atoms with E-state index in [4.69, 9.17) is 4.74 Å². The van der Waals surface area contributed by atoms with Gasteiger partial charge < -0.3 is 9.84 Å². The van der Waals surface area contributed by atoms with E-state index in [0.717, 1.165) is 13.0 Å². The Kier molecular flexibility index (Phi) is 4.59. The zero-order valence-electron chi connectivity index (χ0n) is 10.7. The summed E-state index contributed by atoms with van der Waals surface area (Å²) in [7, 11) is 1.17. The fourth-order valence-corrected chi connectivity index (χ4v) is 1.71. The number of hydrogen-bond donors (Lipinski definition) is 2. The molecule has 4 nitrogen and oxygen atoms in total. The second-order valence-corrected chi connectivity index (χ2v) is 4.22. The number of carboxylic acids is 1. The number of rotatable bonds is 5. The largest absolute Gasteiger partial charge is 0.496 e. The summed E-state index contributed by atoms with van der Waals surface area (Å²) in [6.07, 6.45) is -4.63. The summed E-state index contributed by atoms with van der Waals surface area (Å²) in [6, 6.07) is 3.49. The molecule has 0 saturated heterocycles. The molecule has 0 heterocycles. The molecule has 1 aromatic carbocycles. The average Bonchev–Trinajstić information content (AvgIpc) is 2.34. The fraction of sp³-hybridized carbons (Fsp3) is 0.417. The Morgan fingerprint density at radius 2 is 2.00 bits per heavy atom. The number of carboxylic acid groups (broad SMARTS) is 1. The Hall–Kier alpha value is -1.83. The number of aliphatic carboxylic acids is 1. The smallest absolute Gasteiger partial charge is 0.401 e. The van der Waals surface area contributed by atoms with Crippen molar-refractivity contribution >= 4 is 5.97 Å². The molecular formula is C12H13F4NO3. The van der Waals surface area contributed by atoms with Crippen LogP contribution in [0.3, 0.4) is 0 Å². The van der Waals surface area contributed by atoms with Crippen LogP contribution in [0.4, 0.5) is 17.6 Å². The van der Waals surface area contributed by atoms with E-state index in [1.54, 1.807) is 0 Å². The van der Waals surface area contributed by atoms with Gasteiger partial charge in [0, 0.05) is 0 Å². The van der Waals surface area contributed by atoms with Crippen LogP contribution >= 0.6 is 0 Å². The summed E-state index contributed by atoms with van der Waals surface area (Å²) in [5.41, 5.74) is -2.76. The first kappa shape index (κ1) is 16.2. The quantitative estimate of drug-likeness (QED) is 0.818.